The highest BCUT2D eigenvalue weighted by atomic mass is 16.5. The van der Waals surface area contributed by atoms with Crippen molar-refractivity contribution in [2.75, 3.05) is 12.4 Å². The van der Waals surface area contributed by atoms with Crippen molar-refractivity contribution in [1.82, 2.24) is 4.98 Å². The lowest BCUT2D eigenvalue weighted by Crippen LogP contribution is -2.12. The van der Waals surface area contributed by atoms with E-state index in [1.165, 1.54) is 7.11 Å². The fourth-order valence-electron chi connectivity index (χ4n) is 2.48. The molecule has 0 aliphatic rings. The predicted octanol–water partition coefficient (Wildman–Crippen LogP) is 3.14. The predicted molar refractivity (Wildman–Crippen MR) is 88.4 cm³/mol. The molecule has 0 aliphatic heterocycles. The van der Waals surface area contributed by atoms with Crippen molar-refractivity contribution in [2.24, 2.45) is 0 Å². The summed E-state index contributed by atoms with van der Waals surface area (Å²) in [6, 6.07) is 14.6. The molecule has 0 saturated carbocycles. The molecule has 1 heterocycles. The quantitative estimate of drug-likeness (QED) is 0.727. The van der Waals surface area contributed by atoms with Gasteiger partial charge in [0.15, 0.2) is 0 Å². The van der Waals surface area contributed by atoms with E-state index >= 15 is 0 Å². The number of hydrogen-bond donors (Lipinski definition) is 2. The molecule has 3 aromatic rings. The van der Waals surface area contributed by atoms with E-state index in [1.54, 1.807) is 30.5 Å². The smallest absolute Gasteiger partial charge is 0.309 e. The second-order valence-electron chi connectivity index (χ2n) is 5.15. The maximum absolute atomic E-state index is 12.5. The normalized spacial score (nSPS) is 10.5. The number of ether oxygens (including phenoxy) is 1. The summed E-state index contributed by atoms with van der Waals surface area (Å²) >= 11 is 0. The van der Waals surface area contributed by atoms with E-state index in [9.17, 15) is 9.59 Å². The van der Waals surface area contributed by atoms with E-state index in [1.807, 2.05) is 24.3 Å². The highest BCUT2D eigenvalue weighted by molar-refractivity contribution is 6.12. The van der Waals surface area contributed by atoms with Gasteiger partial charge in [-0.1, -0.05) is 18.2 Å². The van der Waals surface area contributed by atoms with Crippen LogP contribution in [0.5, 0.6) is 0 Å². The zero-order chi connectivity index (χ0) is 16.2. The number of carbonyl (C=O) groups excluding carboxylic acids is 2. The number of amides is 1. The number of aromatic nitrogens is 1. The largest absolute Gasteiger partial charge is 0.469 e. The number of anilines is 1. The molecule has 0 aliphatic carbocycles. The first kappa shape index (κ1) is 14.8. The van der Waals surface area contributed by atoms with E-state index in [-0.39, 0.29) is 18.3 Å². The SMILES string of the molecule is COC(=O)Cc1cccc(NC(=O)c2cccc3[nH]ccc23)c1. The van der Waals surface area contributed by atoms with Gasteiger partial charge in [-0.25, -0.2) is 0 Å². The second-order valence-corrected chi connectivity index (χ2v) is 5.15. The van der Waals surface area contributed by atoms with Gasteiger partial charge >= 0.3 is 5.97 Å². The molecular formula is C18H16N2O3. The number of carbonyl (C=O) groups is 2. The van der Waals surface area contributed by atoms with Gasteiger partial charge in [-0.15, -0.1) is 0 Å². The maximum Gasteiger partial charge on any atom is 0.309 e. The monoisotopic (exact) mass is 308 g/mol. The standard InChI is InChI=1S/C18H16N2O3/c1-23-17(21)11-12-4-2-5-13(10-12)20-18(22)15-6-3-7-16-14(15)8-9-19-16/h2-10,19H,11H2,1H3,(H,20,22). The second kappa shape index (κ2) is 6.36. The number of rotatable bonds is 4. The summed E-state index contributed by atoms with van der Waals surface area (Å²) in [4.78, 5) is 26.9. The highest BCUT2D eigenvalue weighted by Crippen LogP contribution is 2.19. The average Bonchev–Trinajstić information content (AvgIpc) is 3.03. The van der Waals surface area contributed by atoms with E-state index in [0.29, 0.717) is 11.3 Å². The summed E-state index contributed by atoms with van der Waals surface area (Å²) in [7, 11) is 1.35. The highest BCUT2D eigenvalue weighted by Gasteiger charge is 2.11. The van der Waals surface area contributed by atoms with Crippen molar-refractivity contribution in [3.8, 4) is 0 Å². The van der Waals surface area contributed by atoms with Crippen LogP contribution in [0, 0.1) is 0 Å². The number of esters is 1. The van der Waals surface area contributed by atoms with Gasteiger partial charge in [-0.05, 0) is 35.9 Å². The number of fused-ring (bicyclic) bond motifs is 1. The minimum atomic E-state index is -0.314. The van der Waals surface area contributed by atoms with Gasteiger partial charge in [0.05, 0.1) is 13.5 Å². The Morgan fingerprint density at radius 2 is 1.96 bits per heavy atom. The summed E-state index contributed by atoms with van der Waals surface area (Å²) in [5, 5.41) is 3.74. The zero-order valence-electron chi connectivity index (χ0n) is 12.6. The van der Waals surface area contributed by atoms with E-state index in [2.05, 4.69) is 15.0 Å². The van der Waals surface area contributed by atoms with Crippen LogP contribution in [0.3, 0.4) is 0 Å². The van der Waals surface area contributed by atoms with Crippen molar-refractivity contribution in [1.29, 1.82) is 0 Å². The van der Waals surface area contributed by atoms with Crippen LogP contribution in [0.25, 0.3) is 10.9 Å². The molecule has 0 bridgehead atoms. The lowest BCUT2D eigenvalue weighted by molar-refractivity contribution is -0.139. The third-order valence-corrected chi connectivity index (χ3v) is 3.60. The Hall–Kier alpha value is -3.08. The van der Waals surface area contributed by atoms with Crippen LogP contribution >= 0.6 is 0 Å². The number of H-pyrrole nitrogens is 1. The van der Waals surface area contributed by atoms with Crippen LogP contribution in [0.4, 0.5) is 5.69 Å². The summed E-state index contributed by atoms with van der Waals surface area (Å²) in [6.07, 6.45) is 1.98. The molecule has 23 heavy (non-hydrogen) atoms. The van der Waals surface area contributed by atoms with Crippen LogP contribution in [0.1, 0.15) is 15.9 Å². The Bertz CT molecular complexity index is 867. The van der Waals surface area contributed by atoms with Gasteiger partial charge in [-0.3, -0.25) is 9.59 Å². The van der Waals surface area contributed by atoms with E-state index in [4.69, 9.17) is 0 Å². The molecule has 0 fully saturated rings. The van der Waals surface area contributed by atoms with Gasteiger partial charge < -0.3 is 15.0 Å². The van der Waals surface area contributed by atoms with Gasteiger partial charge in [0.25, 0.3) is 5.91 Å². The first-order chi connectivity index (χ1) is 11.2. The van der Waals surface area contributed by atoms with E-state index in [0.717, 1.165) is 16.5 Å². The molecule has 1 amide bonds. The van der Waals surface area contributed by atoms with E-state index < -0.39 is 0 Å². The first-order valence-electron chi connectivity index (χ1n) is 7.20. The van der Waals surface area contributed by atoms with Crippen molar-refractivity contribution in [2.45, 2.75) is 6.42 Å². The molecule has 5 heteroatoms. The molecular weight excluding hydrogens is 292 g/mol. The molecule has 2 N–H and O–H groups in total. The van der Waals surface area contributed by atoms with Crippen LogP contribution in [0.15, 0.2) is 54.7 Å². The lowest BCUT2D eigenvalue weighted by Gasteiger charge is -2.08. The van der Waals surface area contributed by atoms with Crippen LogP contribution in [-0.2, 0) is 16.0 Å². The van der Waals surface area contributed by atoms with Gasteiger partial charge in [0, 0.05) is 28.4 Å². The van der Waals surface area contributed by atoms with Crippen LogP contribution < -0.4 is 5.32 Å². The number of methoxy groups -OCH3 is 1. The first-order valence-corrected chi connectivity index (χ1v) is 7.20. The Morgan fingerprint density at radius 1 is 1.13 bits per heavy atom. The molecule has 116 valence electrons. The Kier molecular flexibility index (Phi) is 4.10. The minimum absolute atomic E-state index is 0.174. The maximum atomic E-state index is 12.5. The molecule has 0 spiro atoms. The van der Waals surface area contributed by atoms with Crippen molar-refractivity contribution >= 4 is 28.5 Å². The molecule has 5 nitrogen and oxygen atoms in total. The Labute approximate surface area is 133 Å². The number of benzene rings is 2. The summed E-state index contributed by atoms with van der Waals surface area (Å²) < 4.78 is 4.65. The number of hydrogen-bond acceptors (Lipinski definition) is 3. The lowest BCUT2D eigenvalue weighted by atomic mass is 10.1. The topological polar surface area (TPSA) is 71.2 Å². The molecule has 0 radical (unpaired) electrons. The Morgan fingerprint density at radius 3 is 2.78 bits per heavy atom. The summed E-state index contributed by atoms with van der Waals surface area (Å²) in [5.41, 5.74) is 2.94. The molecule has 0 saturated heterocycles. The van der Waals surface area contributed by atoms with Crippen LogP contribution in [0.2, 0.25) is 0 Å². The van der Waals surface area contributed by atoms with Crippen molar-refractivity contribution in [3.63, 3.8) is 0 Å². The van der Waals surface area contributed by atoms with Gasteiger partial charge in [-0.2, -0.15) is 0 Å². The van der Waals surface area contributed by atoms with Crippen molar-refractivity contribution in [3.05, 3.63) is 65.9 Å². The summed E-state index contributed by atoms with van der Waals surface area (Å²) in [6.45, 7) is 0. The molecule has 0 unspecified atom stereocenters. The number of nitrogens with one attached hydrogen (secondary N) is 2. The third-order valence-electron chi connectivity index (χ3n) is 3.60. The third kappa shape index (κ3) is 3.23. The van der Waals surface area contributed by atoms with Gasteiger partial charge in [0.2, 0.25) is 0 Å². The molecule has 2 aromatic carbocycles. The summed E-state index contributed by atoms with van der Waals surface area (Å²) in [5.74, 6) is -0.504. The fraction of sp³-hybridized carbons (Fsp3) is 0.111. The van der Waals surface area contributed by atoms with Crippen molar-refractivity contribution < 1.29 is 14.3 Å². The van der Waals surface area contributed by atoms with Crippen LogP contribution in [-0.4, -0.2) is 24.0 Å². The molecule has 0 atom stereocenters. The van der Waals surface area contributed by atoms with Gasteiger partial charge in [0.1, 0.15) is 0 Å². The Balaban J connectivity index is 1.81. The minimum Gasteiger partial charge on any atom is -0.469 e. The molecule has 3 rings (SSSR count). The average molecular weight is 308 g/mol. The number of aromatic amines is 1. The fourth-order valence-corrected chi connectivity index (χ4v) is 2.48. The molecule has 1 aromatic heterocycles. The zero-order valence-corrected chi connectivity index (χ0v) is 12.6.